The number of ether oxygens (including phenoxy) is 1. The van der Waals surface area contributed by atoms with Gasteiger partial charge in [-0.1, -0.05) is 59.3 Å². The normalized spacial score (nSPS) is 11.0. The van der Waals surface area contributed by atoms with Gasteiger partial charge in [0.15, 0.2) is 11.0 Å². The van der Waals surface area contributed by atoms with Crippen molar-refractivity contribution in [2.45, 2.75) is 37.9 Å². The zero-order valence-electron chi connectivity index (χ0n) is 16.7. The Morgan fingerprint density at radius 1 is 1.13 bits per heavy atom. The van der Waals surface area contributed by atoms with E-state index in [0.29, 0.717) is 17.4 Å². The number of para-hydroxylation sites is 1. The number of halogens is 1. The predicted octanol–water partition coefficient (Wildman–Crippen LogP) is 6.25. The number of nitrogens with zero attached hydrogens (tertiary/aromatic N) is 4. The van der Waals surface area contributed by atoms with Gasteiger partial charge in [-0.25, -0.2) is 4.98 Å². The first-order valence-electron chi connectivity index (χ1n) is 9.57. The summed E-state index contributed by atoms with van der Waals surface area (Å²) < 4.78 is 7.89. The molecule has 4 rings (SSSR count). The van der Waals surface area contributed by atoms with Crippen LogP contribution in [0.3, 0.4) is 0 Å². The fraction of sp³-hybridized carbons (Fsp3) is 0.227. The number of benzene rings is 2. The highest BCUT2D eigenvalue weighted by atomic mass is 35.5. The average Bonchev–Trinajstić information content (AvgIpc) is 3.38. The minimum atomic E-state index is 0.319. The zero-order valence-corrected chi connectivity index (χ0v) is 19.1. The molecule has 0 amide bonds. The van der Waals surface area contributed by atoms with Crippen LogP contribution in [0.25, 0.3) is 10.6 Å². The highest BCUT2D eigenvalue weighted by Crippen LogP contribution is 2.29. The molecule has 2 aromatic heterocycles. The Morgan fingerprint density at radius 2 is 2.00 bits per heavy atom. The largest absolute Gasteiger partial charge is 0.484 e. The van der Waals surface area contributed by atoms with Crippen molar-refractivity contribution in [2.24, 2.45) is 0 Å². The molecule has 5 nitrogen and oxygen atoms in total. The molecule has 2 heterocycles. The van der Waals surface area contributed by atoms with E-state index in [1.165, 1.54) is 5.56 Å². The number of aromatic nitrogens is 4. The van der Waals surface area contributed by atoms with Crippen LogP contribution in [0.2, 0.25) is 5.02 Å². The molecule has 30 heavy (non-hydrogen) atoms. The van der Waals surface area contributed by atoms with Crippen LogP contribution in [-0.2, 0) is 18.9 Å². The monoisotopic (exact) mass is 456 g/mol. The molecule has 0 saturated carbocycles. The molecule has 154 valence electrons. The molecule has 0 bridgehead atoms. The lowest BCUT2D eigenvalue weighted by Gasteiger charge is -2.09. The number of thioether (sulfide) groups is 1. The van der Waals surface area contributed by atoms with Gasteiger partial charge in [0.1, 0.15) is 17.4 Å². The number of aryl methyl sites for hydroxylation is 1. The topological polar surface area (TPSA) is 52.8 Å². The molecule has 0 fully saturated rings. The van der Waals surface area contributed by atoms with E-state index in [0.717, 1.165) is 39.5 Å². The summed E-state index contributed by atoms with van der Waals surface area (Å²) >= 11 is 9.47. The van der Waals surface area contributed by atoms with Crippen LogP contribution < -0.4 is 4.74 Å². The third-order valence-electron chi connectivity index (χ3n) is 4.47. The SMILES string of the molecule is CCn1c(COc2ccccc2Cl)nnc1SCc1csc(-c2cccc(C)c2)n1. The van der Waals surface area contributed by atoms with Gasteiger partial charge in [0.25, 0.3) is 0 Å². The van der Waals surface area contributed by atoms with Crippen molar-refractivity contribution in [3.8, 4) is 16.3 Å². The maximum absolute atomic E-state index is 6.16. The summed E-state index contributed by atoms with van der Waals surface area (Å²) in [6.45, 7) is 5.26. The van der Waals surface area contributed by atoms with Gasteiger partial charge in [0.05, 0.1) is 10.7 Å². The Hall–Kier alpha value is -2.35. The first kappa shape index (κ1) is 20.9. The molecular formula is C22H21ClN4OS2. The van der Waals surface area contributed by atoms with Crippen molar-refractivity contribution in [2.75, 3.05) is 0 Å². The number of hydrogen-bond donors (Lipinski definition) is 0. The van der Waals surface area contributed by atoms with Gasteiger partial charge >= 0.3 is 0 Å². The van der Waals surface area contributed by atoms with Gasteiger partial charge in [-0.3, -0.25) is 0 Å². The van der Waals surface area contributed by atoms with E-state index in [1.807, 2.05) is 24.3 Å². The molecule has 0 spiro atoms. The van der Waals surface area contributed by atoms with Crippen LogP contribution in [0.1, 0.15) is 24.0 Å². The molecule has 0 radical (unpaired) electrons. The molecule has 0 aliphatic rings. The lowest BCUT2D eigenvalue weighted by Crippen LogP contribution is -2.07. The smallest absolute Gasteiger partial charge is 0.191 e. The van der Waals surface area contributed by atoms with Crippen LogP contribution >= 0.6 is 34.7 Å². The molecule has 4 aromatic rings. The molecule has 0 atom stereocenters. The summed E-state index contributed by atoms with van der Waals surface area (Å²) in [5.74, 6) is 2.16. The van der Waals surface area contributed by atoms with Gasteiger partial charge in [-0.15, -0.1) is 21.5 Å². The fourth-order valence-corrected chi connectivity index (χ4v) is 5.00. The number of rotatable bonds is 8. The van der Waals surface area contributed by atoms with Crippen molar-refractivity contribution in [3.05, 3.63) is 76.0 Å². The standard InChI is InChI=1S/C22H21ClN4OS2/c1-3-27-20(12-28-19-10-5-4-9-18(19)23)25-26-22(27)30-14-17-13-29-21(24-17)16-8-6-7-15(2)11-16/h4-11,13H,3,12,14H2,1-2H3. The summed E-state index contributed by atoms with van der Waals surface area (Å²) in [6, 6.07) is 15.8. The second kappa shape index (κ2) is 9.64. The third kappa shape index (κ3) is 4.86. The predicted molar refractivity (Wildman–Crippen MR) is 123 cm³/mol. The lowest BCUT2D eigenvalue weighted by molar-refractivity contribution is 0.288. The Bertz CT molecular complexity index is 1140. The summed E-state index contributed by atoms with van der Waals surface area (Å²) in [6.07, 6.45) is 0. The molecule has 2 aromatic carbocycles. The number of hydrogen-bond acceptors (Lipinski definition) is 6. The summed E-state index contributed by atoms with van der Waals surface area (Å²) in [5.41, 5.74) is 3.44. The van der Waals surface area contributed by atoms with Gasteiger partial charge in [0, 0.05) is 23.2 Å². The fourth-order valence-electron chi connectivity index (χ4n) is 2.98. The Balaban J connectivity index is 1.41. The second-order valence-corrected chi connectivity index (χ2v) is 8.87. The minimum Gasteiger partial charge on any atom is -0.484 e. The van der Waals surface area contributed by atoms with E-state index >= 15 is 0 Å². The van der Waals surface area contributed by atoms with Gasteiger partial charge < -0.3 is 9.30 Å². The molecule has 0 aliphatic carbocycles. The first-order valence-corrected chi connectivity index (χ1v) is 11.8. The Kier molecular flexibility index (Phi) is 6.72. The second-order valence-electron chi connectivity index (χ2n) is 6.66. The van der Waals surface area contributed by atoms with E-state index in [2.05, 4.69) is 58.3 Å². The maximum Gasteiger partial charge on any atom is 0.191 e. The number of thiazole rings is 1. The zero-order chi connectivity index (χ0) is 20.9. The van der Waals surface area contributed by atoms with Crippen LogP contribution in [0.15, 0.2) is 59.1 Å². The van der Waals surface area contributed by atoms with Crippen LogP contribution in [0, 0.1) is 6.92 Å². The van der Waals surface area contributed by atoms with Crippen molar-refractivity contribution in [3.63, 3.8) is 0 Å². The molecule has 0 aliphatic heterocycles. The van der Waals surface area contributed by atoms with Crippen LogP contribution in [0.4, 0.5) is 0 Å². The van der Waals surface area contributed by atoms with E-state index in [4.69, 9.17) is 21.3 Å². The Labute approximate surface area is 189 Å². The van der Waals surface area contributed by atoms with Gasteiger partial charge in [0.2, 0.25) is 0 Å². The molecule has 8 heteroatoms. The average molecular weight is 457 g/mol. The van der Waals surface area contributed by atoms with Crippen LogP contribution in [0.5, 0.6) is 5.75 Å². The lowest BCUT2D eigenvalue weighted by atomic mass is 10.1. The van der Waals surface area contributed by atoms with Gasteiger partial charge in [-0.05, 0) is 32.0 Å². The summed E-state index contributed by atoms with van der Waals surface area (Å²) in [4.78, 5) is 4.79. The Morgan fingerprint density at radius 3 is 2.80 bits per heavy atom. The quantitative estimate of drug-likeness (QED) is 0.293. The van der Waals surface area contributed by atoms with Crippen LogP contribution in [-0.4, -0.2) is 19.7 Å². The first-order chi connectivity index (χ1) is 14.6. The van der Waals surface area contributed by atoms with Gasteiger partial charge in [-0.2, -0.15) is 0 Å². The van der Waals surface area contributed by atoms with E-state index in [9.17, 15) is 0 Å². The molecule has 0 unspecified atom stereocenters. The maximum atomic E-state index is 6.16. The molecular weight excluding hydrogens is 436 g/mol. The van der Waals surface area contributed by atoms with E-state index < -0.39 is 0 Å². The molecule has 0 saturated heterocycles. The third-order valence-corrected chi connectivity index (χ3v) is 6.72. The van der Waals surface area contributed by atoms with Crippen molar-refractivity contribution >= 4 is 34.7 Å². The highest BCUT2D eigenvalue weighted by molar-refractivity contribution is 7.98. The minimum absolute atomic E-state index is 0.319. The van der Waals surface area contributed by atoms with E-state index in [-0.39, 0.29) is 0 Å². The van der Waals surface area contributed by atoms with Crippen molar-refractivity contribution in [1.82, 2.24) is 19.7 Å². The highest BCUT2D eigenvalue weighted by Gasteiger charge is 2.14. The van der Waals surface area contributed by atoms with Crippen molar-refractivity contribution in [1.29, 1.82) is 0 Å². The molecule has 0 N–H and O–H groups in total. The summed E-state index contributed by atoms with van der Waals surface area (Å²) in [7, 11) is 0. The van der Waals surface area contributed by atoms with Crippen molar-refractivity contribution < 1.29 is 4.74 Å². The van der Waals surface area contributed by atoms with E-state index in [1.54, 1.807) is 23.1 Å². The summed E-state index contributed by atoms with van der Waals surface area (Å²) in [5, 5.41) is 13.3.